The highest BCUT2D eigenvalue weighted by molar-refractivity contribution is 5.99. The largest absolute Gasteiger partial charge is 0.355 e. The van der Waals surface area contributed by atoms with Crippen LogP contribution in [0.2, 0.25) is 0 Å². The predicted molar refractivity (Wildman–Crippen MR) is 99.6 cm³/mol. The Bertz CT molecular complexity index is 913. The maximum Gasteiger partial charge on any atom is 0.264 e. The van der Waals surface area contributed by atoms with Crippen molar-refractivity contribution in [3.05, 3.63) is 69.1 Å². The van der Waals surface area contributed by atoms with Gasteiger partial charge in [-0.25, -0.2) is 0 Å². The fourth-order valence-electron chi connectivity index (χ4n) is 2.90. The van der Waals surface area contributed by atoms with E-state index in [1.807, 2.05) is 38.1 Å². The molecule has 1 fully saturated rings. The highest BCUT2D eigenvalue weighted by Gasteiger charge is 2.26. The van der Waals surface area contributed by atoms with E-state index < -0.39 is 11.5 Å². The summed E-state index contributed by atoms with van der Waals surface area (Å²) >= 11 is 0. The molecule has 1 saturated carbocycles. The summed E-state index contributed by atoms with van der Waals surface area (Å²) in [6.45, 7) is 3.86. The van der Waals surface area contributed by atoms with Crippen LogP contribution in [0.3, 0.4) is 0 Å². The second kappa shape index (κ2) is 7.15. The molecule has 2 aromatic rings. The molecule has 1 aliphatic rings. The predicted octanol–water partition coefficient (Wildman–Crippen LogP) is 2.02. The molecule has 0 bridgehead atoms. The van der Waals surface area contributed by atoms with Gasteiger partial charge in [-0.1, -0.05) is 29.8 Å². The fourth-order valence-corrected chi connectivity index (χ4v) is 2.90. The van der Waals surface area contributed by atoms with Gasteiger partial charge >= 0.3 is 0 Å². The van der Waals surface area contributed by atoms with Crippen molar-refractivity contribution in [1.29, 1.82) is 0 Å². The Morgan fingerprint density at radius 3 is 2.54 bits per heavy atom. The smallest absolute Gasteiger partial charge is 0.264 e. The highest BCUT2D eigenvalue weighted by atomic mass is 16.2. The summed E-state index contributed by atoms with van der Waals surface area (Å²) in [4.78, 5) is 37.5. The van der Waals surface area contributed by atoms with Gasteiger partial charge in [0.2, 0.25) is 0 Å². The van der Waals surface area contributed by atoms with Crippen LogP contribution < -0.4 is 16.2 Å². The van der Waals surface area contributed by atoms with E-state index in [-0.39, 0.29) is 23.6 Å². The highest BCUT2D eigenvalue weighted by Crippen LogP contribution is 2.21. The Kier molecular flexibility index (Phi) is 4.93. The van der Waals surface area contributed by atoms with Crippen LogP contribution in [-0.2, 0) is 0 Å². The topological polar surface area (TPSA) is 80.2 Å². The average Bonchev–Trinajstić information content (AvgIpc) is 3.44. The zero-order chi connectivity index (χ0) is 18.8. The maximum absolute atomic E-state index is 12.8. The zero-order valence-corrected chi connectivity index (χ0v) is 15.2. The van der Waals surface area contributed by atoms with Gasteiger partial charge in [-0.05, 0) is 38.3 Å². The van der Waals surface area contributed by atoms with Crippen molar-refractivity contribution in [1.82, 2.24) is 15.2 Å². The summed E-state index contributed by atoms with van der Waals surface area (Å²) in [5.74, 6) is -0.760. The quantitative estimate of drug-likeness (QED) is 0.863. The molecule has 2 amide bonds. The van der Waals surface area contributed by atoms with E-state index in [4.69, 9.17) is 0 Å². The Morgan fingerprint density at radius 1 is 1.19 bits per heavy atom. The average molecular weight is 353 g/mol. The van der Waals surface area contributed by atoms with Crippen molar-refractivity contribution in [3.8, 4) is 0 Å². The summed E-state index contributed by atoms with van der Waals surface area (Å²) < 4.78 is 1.46. The van der Waals surface area contributed by atoms with Crippen LogP contribution in [0.1, 0.15) is 57.7 Å². The van der Waals surface area contributed by atoms with E-state index in [1.165, 1.54) is 17.7 Å². The van der Waals surface area contributed by atoms with Crippen LogP contribution in [0.4, 0.5) is 0 Å². The standard InChI is InChI=1S/C20H23N3O3/c1-12-5-4-6-14(9-12)13(2)23-11-15(18(24)22-16-7-8-16)10-17(20(23)26)19(25)21-3/h4-6,9-11,13,16H,7-8H2,1-3H3,(H,21,25)(H,22,24)/t13-/m1/s1. The fraction of sp³-hybridized carbons (Fsp3) is 0.350. The number of hydrogen-bond acceptors (Lipinski definition) is 3. The van der Waals surface area contributed by atoms with E-state index in [2.05, 4.69) is 10.6 Å². The van der Waals surface area contributed by atoms with E-state index in [9.17, 15) is 14.4 Å². The molecule has 1 aromatic heterocycles. The molecule has 0 spiro atoms. The third kappa shape index (κ3) is 3.69. The minimum absolute atomic E-state index is 0.0320. The van der Waals surface area contributed by atoms with Crippen molar-refractivity contribution >= 4 is 11.8 Å². The van der Waals surface area contributed by atoms with Crippen LogP contribution in [0.25, 0.3) is 0 Å². The lowest BCUT2D eigenvalue weighted by atomic mass is 10.0. The third-order valence-electron chi connectivity index (χ3n) is 4.63. The number of rotatable bonds is 5. The number of nitrogens with one attached hydrogen (secondary N) is 2. The van der Waals surface area contributed by atoms with Crippen molar-refractivity contribution in [3.63, 3.8) is 0 Å². The molecule has 0 aliphatic heterocycles. The van der Waals surface area contributed by atoms with Gasteiger partial charge in [-0.2, -0.15) is 0 Å². The number of carbonyl (C=O) groups is 2. The molecule has 6 nitrogen and oxygen atoms in total. The molecule has 3 rings (SSSR count). The molecule has 1 heterocycles. The van der Waals surface area contributed by atoms with Gasteiger partial charge in [0, 0.05) is 19.3 Å². The molecule has 0 saturated heterocycles. The molecule has 6 heteroatoms. The Morgan fingerprint density at radius 2 is 1.92 bits per heavy atom. The number of carbonyl (C=O) groups excluding carboxylic acids is 2. The second-order valence-corrected chi connectivity index (χ2v) is 6.77. The number of hydrogen-bond donors (Lipinski definition) is 2. The Labute approximate surface area is 152 Å². The van der Waals surface area contributed by atoms with Gasteiger partial charge in [0.15, 0.2) is 0 Å². The van der Waals surface area contributed by atoms with Gasteiger partial charge in [0.25, 0.3) is 17.4 Å². The molecule has 1 aliphatic carbocycles. The maximum atomic E-state index is 12.8. The first-order chi connectivity index (χ1) is 12.4. The van der Waals surface area contributed by atoms with Crippen LogP contribution in [0.5, 0.6) is 0 Å². The van der Waals surface area contributed by atoms with Crippen LogP contribution in [0, 0.1) is 6.92 Å². The SMILES string of the molecule is CNC(=O)c1cc(C(=O)NC2CC2)cn([C@H](C)c2cccc(C)c2)c1=O. The lowest BCUT2D eigenvalue weighted by Crippen LogP contribution is -2.35. The summed E-state index contributed by atoms with van der Waals surface area (Å²) in [6.07, 6.45) is 3.47. The van der Waals surface area contributed by atoms with Gasteiger partial charge in [0.05, 0.1) is 11.6 Å². The van der Waals surface area contributed by atoms with Crippen LogP contribution in [0.15, 0.2) is 41.3 Å². The number of aromatic nitrogens is 1. The molecule has 2 N–H and O–H groups in total. The van der Waals surface area contributed by atoms with Crippen molar-refractivity contribution in [2.24, 2.45) is 0 Å². The lowest BCUT2D eigenvalue weighted by molar-refractivity contribution is 0.0950. The summed E-state index contributed by atoms with van der Waals surface area (Å²) in [6, 6.07) is 9.09. The molecule has 136 valence electrons. The normalized spacial score (nSPS) is 14.6. The van der Waals surface area contributed by atoms with E-state index in [0.717, 1.165) is 24.0 Å². The molecule has 1 atom stereocenters. The molecule has 1 aromatic carbocycles. The number of aryl methyl sites for hydroxylation is 1. The van der Waals surface area contributed by atoms with Crippen molar-refractivity contribution in [2.75, 3.05) is 7.05 Å². The lowest BCUT2D eigenvalue weighted by Gasteiger charge is -2.18. The van der Waals surface area contributed by atoms with Gasteiger partial charge in [0.1, 0.15) is 5.56 Å². The number of nitrogens with zero attached hydrogens (tertiary/aromatic N) is 1. The molecule has 26 heavy (non-hydrogen) atoms. The number of amides is 2. The number of pyridine rings is 1. The van der Waals surface area contributed by atoms with Crippen molar-refractivity contribution < 1.29 is 9.59 Å². The summed E-state index contributed by atoms with van der Waals surface area (Å²) in [5.41, 5.74) is 1.89. The van der Waals surface area contributed by atoms with Crippen LogP contribution in [-0.4, -0.2) is 29.5 Å². The first kappa shape index (κ1) is 17.9. The van der Waals surface area contributed by atoms with Gasteiger partial charge in [-0.15, -0.1) is 0 Å². The zero-order valence-electron chi connectivity index (χ0n) is 15.2. The van der Waals surface area contributed by atoms with Gasteiger partial charge < -0.3 is 15.2 Å². The Hall–Kier alpha value is -2.89. The van der Waals surface area contributed by atoms with E-state index in [1.54, 1.807) is 6.20 Å². The summed E-state index contributed by atoms with van der Waals surface area (Å²) in [7, 11) is 1.47. The summed E-state index contributed by atoms with van der Waals surface area (Å²) in [5, 5.41) is 5.38. The molecular formula is C20H23N3O3. The molecular weight excluding hydrogens is 330 g/mol. The number of benzene rings is 1. The van der Waals surface area contributed by atoms with E-state index in [0.29, 0.717) is 5.56 Å². The monoisotopic (exact) mass is 353 g/mol. The third-order valence-corrected chi connectivity index (χ3v) is 4.63. The van der Waals surface area contributed by atoms with Crippen molar-refractivity contribution in [2.45, 2.75) is 38.8 Å². The molecule has 0 unspecified atom stereocenters. The Balaban J connectivity index is 2.08. The van der Waals surface area contributed by atoms with Crippen LogP contribution >= 0.6 is 0 Å². The molecule has 0 radical (unpaired) electrons. The van der Waals surface area contributed by atoms with Gasteiger partial charge in [-0.3, -0.25) is 14.4 Å². The minimum atomic E-state index is -0.499. The van der Waals surface area contributed by atoms with E-state index >= 15 is 0 Å². The minimum Gasteiger partial charge on any atom is -0.355 e. The second-order valence-electron chi connectivity index (χ2n) is 6.77. The first-order valence-corrected chi connectivity index (χ1v) is 8.76. The first-order valence-electron chi connectivity index (χ1n) is 8.76.